The molecule has 7 heteroatoms. The van der Waals surface area contributed by atoms with Gasteiger partial charge in [-0.3, -0.25) is 15.6 Å². The lowest BCUT2D eigenvalue weighted by molar-refractivity contribution is 0.0948. The molecule has 1 amide bonds. The Morgan fingerprint density at radius 2 is 1.83 bits per heavy atom. The largest absolute Gasteiger partial charge is 0.357 e. The molecule has 122 valence electrons. The highest BCUT2D eigenvalue weighted by Crippen LogP contribution is 2.27. The average molecular weight is 348 g/mol. The van der Waals surface area contributed by atoms with Crippen molar-refractivity contribution in [2.24, 2.45) is 0 Å². The van der Waals surface area contributed by atoms with Crippen molar-refractivity contribution in [2.45, 2.75) is 33.2 Å². The van der Waals surface area contributed by atoms with Crippen LogP contribution in [-0.2, 0) is 0 Å². The van der Waals surface area contributed by atoms with Crippen LogP contribution in [0.15, 0.2) is 30.3 Å². The smallest absolute Gasteiger partial charge is 0.282 e. The van der Waals surface area contributed by atoms with E-state index in [4.69, 9.17) is 12.2 Å². The molecule has 0 aliphatic heterocycles. The number of carbonyl (C=O) groups excluding carboxylic acids is 1. The minimum absolute atomic E-state index is 0.176. The number of hydrazine groups is 1. The second-order valence-electron chi connectivity index (χ2n) is 6.06. The van der Waals surface area contributed by atoms with Crippen LogP contribution in [0, 0.1) is 6.92 Å². The molecular formula is C16H20N4OS2. The van der Waals surface area contributed by atoms with E-state index in [-0.39, 0.29) is 11.4 Å². The molecule has 1 aromatic heterocycles. The molecule has 0 aliphatic rings. The van der Waals surface area contributed by atoms with Gasteiger partial charge in [0.05, 0.1) is 10.7 Å². The van der Waals surface area contributed by atoms with Crippen molar-refractivity contribution >= 4 is 34.6 Å². The molecule has 0 bridgehead atoms. The van der Waals surface area contributed by atoms with Gasteiger partial charge in [-0.05, 0) is 39.9 Å². The molecule has 1 aromatic carbocycles. The number of aryl methyl sites for hydroxylation is 1. The van der Waals surface area contributed by atoms with Crippen LogP contribution in [0.1, 0.15) is 35.5 Å². The van der Waals surface area contributed by atoms with E-state index in [0.717, 1.165) is 10.6 Å². The fraction of sp³-hybridized carbons (Fsp3) is 0.312. The van der Waals surface area contributed by atoms with E-state index >= 15 is 0 Å². The zero-order chi connectivity index (χ0) is 17.0. The number of carbonyl (C=O) groups is 1. The fourth-order valence-electron chi connectivity index (χ4n) is 1.91. The van der Waals surface area contributed by atoms with Gasteiger partial charge in [0.1, 0.15) is 4.88 Å². The lowest BCUT2D eigenvalue weighted by atomic mass is 10.1. The summed E-state index contributed by atoms with van der Waals surface area (Å²) < 4.78 is 0. The second-order valence-corrected chi connectivity index (χ2v) is 7.67. The third-order valence-electron chi connectivity index (χ3n) is 2.77. The van der Waals surface area contributed by atoms with Gasteiger partial charge in [0.25, 0.3) is 5.91 Å². The van der Waals surface area contributed by atoms with Gasteiger partial charge in [0.15, 0.2) is 5.11 Å². The van der Waals surface area contributed by atoms with Gasteiger partial charge < -0.3 is 5.32 Å². The van der Waals surface area contributed by atoms with Gasteiger partial charge in [0.2, 0.25) is 0 Å². The summed E-state index contributed by atoms with van der Waals surface area (Å²) in [6.07, 6.45) is 0. The number of aromatic nitrogens is 1. The number of hydrogen-bond acceptors (Lipinski definition) is 4. The number of hydrogen-bond donors (Lipinski definition) is 3. The fourth-order valence-corrected chi connectivity index (χ4v) is 3.11. The number of nitrogens with one attached hydrogen (secondary N) is 3. The summed E-state index contributed by atoms with van der Waals surface area (Å²) in [6, 6.07) is 9.65. The predicted molar refractivity (Wildman–Crippen MR) is 98.4 cm³/mol. The SMILES string of the molecule is Cc1nc(-c2ccccc2)c(C(=O)NNC(=S)NC(C)(C)C)s1. The van der Waals surface area contributed by atoms with Crippen LogP contribution >= 0.6 is 23.6 Å². The zero-order valence-corrected chi connectivity index (χ0v) is 15.2. The van der Waals surface area contributed by atoms with Crippen LogP contribution in [0.4, 0.5) is 0 Å². The van der Waals surface area contributed by atoms with E-state index in [9.17, 15) is 4.79 Å². The monoisotopic (exact) mass is 348 g/mol. The van der Waals surface area contributed by atoms with E-state index in [2.05, 4.69) is 21.2 Å². The number of rotatable bonds is 2. The lowest BCUT2D eigenvalue weighted by Gasteiger charge is -2.23. The molecular weight excluding hydrogens is 328 g/mol. The molecule has 0 spiro atoms. The highest BCUT2D eigenvalue weighted by Gasteiger charge is 2.18. The Bertz CT molecular complexity index is 705. The number of thiazole rings is 1. The first-order chi connectivity index (χ1) is 10.8. The van der Waals surface area contributed by atoms with Gasteiger partial charge in [0, 0.05) is 11.1 Å². The lowest BCUT2D eigenvalue weighted by Crippen LogP contribution is -2.52. The third-order valence-corrected chi connectivity index (χ3v) is 3.94. The van der Waals surface area contributed by atoms with Crippen molar-refractivity contribution in [3.05, 3.63) is 40.2 Å². The van der Waals surface area contributed by atoms with Crippen molar-refractivity contribution in [2.75, 3.05) is 0 Å². The average Bonchev–Trinajstić information content (AvgIpc) is 2.86. The van der Waals surface area contributed by atoms with Crippen molar-refractivity contribution in [1.29, 1.82) is 0 Å². The maximum atomic E-state index is 12.4. The summed E-state index contributed by atoms with van der Waals surface area (Å²) in [6.45, 7) is 7.85. The topological polar surface area (TPSA) is 66.0 Å². The maximum Gasteiger partial charge on any atom is 0.282 e. The molecule has 3 N–H and O–H groups in total. The predicted octanol–water partition coefficient (Wildman–Crippen LogP) is 3.03. The Hall–Kier alpha value is -1.99. The van der Waals surface area contributed by atoms with Crippen LogP contribution in [0.3, 0.4) is 0 Å². The Morgan fingerprint density at radius 1 is 1.17 bits per heavy atom. The quantitative estimate of drug-likeness (QED) is 0.575. The molecule has 0 atom stereocenters. The molecule has 0 aliphatic carbocycles. The molecule has 0 unspecified atom stereocenters. The van der Waals surface area contributed by atoms with Crippen LogP contribution in [0.2, 0.25) is 0 Å². The number of amides is 1. The zero-order valence-electron chi connectivity index (χ0n) is 13.6. The Labute approximate surface area is 145 Å². The molecule has 0 saturated heterocycles. The van der Waals surface area contributed by atoms with Crippen molar-refractivity contribution in [3.8, 4) is 11.3 Å². The number of thiocarbonyl (C=S) groups is 1. The highest BCUT2D eigenvalue weighted by molar-refractivity contribution is 7.80. The number of nitrogens with zero attached hydrogens (tertiary/aromatic N) is 1. The standard InChI is InChI=1S/C16H20N4OS2/c1-10-17-12(11-8-6-5-7-9-11)13(23-10)14(21)19-20-15(22)18-16(2,3)4/h5-9H,1-4H3,(H,19,21)(H2,18,20,22). The minimum Gasteiger partial charge on any atom is -0.357 e. The maximum absolute atomic E-state index is 12.4. The Balaban J connectivity index is 2.10. The first-order valence-corrected chi connectivity index (χ1v) is 8.40. The molecule has 2 rings (SSSR count). The highest BCUT2D eigenvalue weighted by atomic mass is 32.1. The van der Waals surface area contributed by atoms with E-state index in [1.165, 1.54) is 11.3 Å². The minimum atomic E-state index is -0.257. The Morgan fingerprint density at radius 3 is 2.43 bits per heavy atom. The Kier molecular flexibility index (Phi) is 5.33. The first kappa shape index (κ1) is 17.4. The second kappa shape index (κ2) is 7.06. The van der Waals surface area contributed by atoms with Gasteiger partial charge in [-0.25, -0.2) is 4.98 Å². The normalized spacial score (nSPS) is 11.0. The van der Waals surface area contributed by atoms with Gasteiger partial charge in [-0.15, -0.1) is 11.3 Å². The van der Waals surface area contributed by atoms with Crippen molar-refractivity contribution in [1.82, 2.24) is 21.2 Å². The van der Waals surface area contributed by atoms with E-state index < -0.39 is 0 Å². The summed E-state index contributed by atoms with van der Waals surface area (Å²) in [5, 5.41) is 4.28. The summed E-state index contributed by atoms with van der Waals surface area (Å²) in [7, 11) is 0. The molecule has 0 radical (unpaired) electrons. The van der Waals surface area contributed by atoms with Crippen molar-refractivity contribution in [3.63, 3.8) is 0 Å². The summed E-state index contributed by atoms with van der Waals surface area (Å²) in [5.41, 5.74) is 6.77. The summed E-state index contributed by atoms with van der Waals surface area (Å²) in [5.74, 6) is -0.257. The van der Waals surface area contributed by atoms with Gasteiger partial charge in [-0.1, -0.05) is 30.3 Å². The molecule has 5 nitrogen and oxygen atoms in total. The molecule has 1 heterocycles. The van der Waals surface area contributed by atoms with Gasteiger partial charge in [-0.2, -0.15) is 0 Å². The van der Waals surface area contributed by atoms with Crippen LogP contribution in [0.5, 0.6) is 0 Å². The molecule has 0 saturated carbocycles. The van der Waals surface area contributed by atoms with E-state index in [1.54, 1.807) is 0 Å². The van der Waals surface area contributed by atoms with Crippen LogP contribution < -0.4 is 16.2 Å². The first-order valence-electron chi connectivity index (χ1n) is 7.17. The van der Waals surface area contributed by atoms with Crippen molar-refractivity contribution < 1.29 is 4.79 Å². The van der Waals surface area contributed by atoms with Crippen LogP contribution in [-0.4, -0.2) is 21.5 Å². The number of benzene rings is 1. The van der Waals surface area contributed by atoms with Gasteiger partial charge >= 0.3 is 0 Å². The van der Waals surface area contributed by atoms with E-state index in [0.29, 0.717) is 15.7 Å². The molecule has 0 fully saturated rings. The summed E-state index contributed by atoms with van der Waals surface area (Å²) in [4.78, 5) is 17.5. The summed E-state index contributed by atoms with van der Waals surface area (Å²) >= 11 is 6.51. The molecule has 23 heavy (non-hydrogen) atoms. The van der Waals surface area contributed by atoms with Crippen LogP contribution in [0.25, 0.3) is 11.3 Å². The van der Waals surface area contributed by atoms with E-state index in [1.807, 2.05) is 58.0 Å². The third kappa shape index (κ3) is 5.01. The molecule has 2 aromatic rings.